The number of hydrogen-bond acceptors (Lipinski definition) is 4. The van der Waals surface area contributed by atoms with Crippen LogP contribution in [-0.4, -0.2) is 30.6 Å². The van der Waals surface area contributed by atoms with E-state index in [1.54, 1.807) is 6.07 Å². The van der Waals surface area contributed by atoms with Crippen molar-refractivity contribution in [1.82, 2.24) is 0 Å². The van der Waals surface area contributed by atoms with Crippen LogP contribution in [0.15, 0.2) is 30.3 Å². The van der Waals surface area contributed by atoms with E-state index in [0.29, 0.717) is 0 Å². The van der Waals surface area contributed by atoms with Gasteiger partial charge in [-0.25, -0.2) is 9.59 Å². The maximum Gasteiger partial charge on any atom is 0.491 e. The van der Waals surface area contributed by atoms with Crippen LogP contribution in [-0.2, 0) is 25.5 Å². The van der Waals surface area contributed by atoms with Gasteiger partial charge in [-0.1, -0.05) is 30.3 Å². The van der Waals surface area contributed by atoms with E-state index in [4.69, 9.17) is 0 Å². The van der Waals surface area contributed by atoms with Crippen molar-refractivity contribution >= 4 is 11.9 Å². The molecule has 0 spiro atoms. The lowest BCUT2D eigenvalue weighted by atomic mass is 10.1. The molecule has 4 nitrogen and oxygen atoms in total. The van der Waals surface area contributed by atoms with Gasteiger partial charge in [-0.3, -0.25) is 0 Å². The normalized spacial score (nSPS) is 12.1. The second kappa shape index (κ2) is 6.67. The van der Waals surface area contributed by atoms with Crippen LogP contribution in [0, 0.1) is 0 Å². The van der Waals surface area contributed by atoms with Gasteiger partial charge in [-0.2, -0.15) is 26.3 Å². The Bertz CT molecular complexity index is 495. The van der Waals surface area contributed by atoms with Crippen molar-refractivity contribution in [3.8, 4) is 0 Å². The first kappa shape index (κ1) is 17.8. The van der Waals surface area contributed by atoms with Crippen LogP contribution in [0.25, 0.3) is 0 Å². The molecule has 22 heavy (non-hydrogen) atoms. The molecule has 0 radical (unpaired) electrons. The molecule has 0 aromatic heterocycles. The van der Waals surface area contributed by atoms with E-state index in [1.807, 2.05) is 0 Å². The van der Waals surface area contributed by atoms with E-state index in [0.717, 1.165) is 0 Å². The average Bonchev–Trinajstić information content (AvgIpc) is 2.37. The first-order chi connectivity index (χ1) is 10.00. The number of alkyl halides is 6. The SMILES string of the molecule is O=C(OC(Cc1ccccc1)OC(=O)C(F)(F)F)C(F)(F)F. The molecule has 1 aromatic carbocycles. The molecule has 0 fully saturated rings. The molecule has 0 aliphatic heterocycles. The number of ether oxygens (including phenoxy) is 2. The predicted molar refractivity (Wildman–Crippen MR) is 58.2 cm³/mol. The van der Waals surface area contributed by atoms with Crippen molar-refractivity contribution < 1.29 is 45.4 Å². The van der Waals surface area contributed by atoms with E-state index in [2.05, 4.69) is 9.47 Å². The van der Waals surface area contributed by atoms with Gasteiger partial charge in [-0.15, -0.1) is 0 Å². The van der Waals surface area contributed by atoms with Crippen LogP contribution >= 0.6 is 0 Å². The number of rotatable bonds is 4. The fourth-order valence-electron chi connectivity index (χ4n) is 1.29. The summed E-state index contributed by atoms with van der Waals surface area (Å²) in [6, 6.07) is 7.13. The summed E-state index contributed by atoms with van der Waals surface area (Å²) in [5, 5.41) is 0. The smallest absolute Gasteiger partial charge is 0.418 e. The molecule has 0 unspecified atom stereocenters. The maximum absolute atomic E-state index is 12.1. The summed E-state index contributed by atoms with van der Waals surface area (Å²) in [4.78, 5) is 21.4. The van der Waals surface area contributed by atoms with Crippen molar-refractivity contribution in [2.45, 2.75) is 25.1 Å². The summed E-state index contributed by atoms with van der Waals surface area (Å²) < 4.78 is 80.0. The molecule has 0 aliphatic carbocycles. The first-order valence-corrected chi connectivity index (χ1v) is 5.59. The first-order valence-electron chi connectivity index (χ1n) is 5.59. The Labute approximate surface area is 119 Å². The minimum Gasteiger partial charge on any atom is -0.418 e. The molecular weight excluding hydrogens is 322 g/mol. The number of carbonyl (C=O) groups excluding carboxylic acids is 2. The van der Waals surface area contributed by atoms with Crippen molar-refractivity contribution in [3.63, 3.8) is 0 Å². The molecular formula is C12H8F6O4. The van der Waals surface area contributed by atoms with E-state index in [-0.39, 0.29) is 5.56 Å². The second-order valence-corrected chi connectivity index (χ2v) is 3.93. The maximum atomic E-state index is 12.1. The highest BCUT2D eigenvalue weighted by Crippen LogP contribution is 2.22. The van der Waals surface area contributed by atoms with Crippen molar-refractivity contribution in [2.75, 3.05) is 0 Å². The summed E-state index contributed by atoms with van der Waals surface area (Å²) in [7, 11) is 0. The molecule has 1 rings (SSSR count). The number of esters is 2. The highest BCUT2D eigenvalue weighted by molar-refractivity contribution is 5.77. The third-order valence-electron chi connectivity index (χ3n) is 2.19. The molecule has 122 valence electrons. The van der Waals surface area contributed by atoms with E-state index in [1.165, 1.54) is 24.3 Å². The fourth-order valence-corrected chi connectivity index (χ4v) is 1.29. The van der Waals surface area contributed by atoms with Gasteiger partial charge in [-0.05, 0) is 5.56 Å². The quantitative estimate of drug-likeness (QED) is 0.484. The van der Waals surface area contributed by atoms with Gasteiger partial charge >= 0.3 is 24.3 Å². The zero-order valence-corrected chi connectivity index (χ0v) is 10.6. The third-order valence-corrected chi connectivity index (χ3v) is 2.19. The summed E-state index contributed by atoms with van der Waals surface area (Å²) >= 11 is 0. The van der Waals surface area contributed by atoms with Gasteiger partial charge in [0.25, 0.3) is 6.29 Å². The number of benzene rings is 1. The van der Waals surface area contributed by atoms with Crippen LogP contribution in [0.2, 0.25) is 0 Å². The summed E-state index contributed by atoms with van der Waals surface area (Å²) in [5.41, 5.74) is 0.206. The molecule has 1 aromatic rings. The van der Waals surface area contributed by atoms with E-state index >= 15 is 0 Å². The summed E-state index contributed by atoms with van der Waals surface area (Å²) in [6.07, 6.45) is -13.9. The minimum absolute atomic E-state index is 0.206. The third kappa shape index (κ3) is 5.62. The number of carbonyl (C=O) groups is 2. The number of halogens is 6. The van der Waals surface area contributed by atoms with Gasteiger partial charge in [0.1, 0.15) is 0 Å². The molecule has 0 atom stereocenters. The Morgan fingerprint density at radius 1 is 0.864 bits per heavy atom. The van der Waals surface area contributed by atoms with Crippen molar-refractivity contribution in [1.29, 1.82) is 0 Å². The lowest BCUT2D eigenvalue weighted by Crippen LogP contribution is -2.37. The van der Waals surface area contributed by atoms with Crippen molar-refractivity contribution in [3.05, 3.63) is 35.9 Å². The number of hydrogen-bond donors (Lipinski definition) is 0. The Kier molecular flexibility index (Phi) is 5.39. The summed E-state index contributed by atoms with van der Waals surface area (Å²) in [6.45, 7) is 0. The van der Waals surface area contributed by atoms with Gasteiger partial charge in [0, 0.05) is 6.42 Å². The lowest BCUT2D eigenvalue weighted by molar-refractivity contribution is -0.240. The molecule has 0 N–H and O–H groups in total. The molecule has 0 amide bonds. The largest absolute Gasteiger partial charge is 0.491 e. The van der Waals surface area contributed by atoms with E-state index < -0.39 is 37.0 Å². The van der Waals surface area contributed by atoms with Crippen LogP contribution in [0.3, 0.4) is 0 Å². The Morgan fingerprint density at radius 2 is 1.27 bits per heavy atom. The topological polar surface area (TPSA) is 52.6 Å². The molecule has 0 saturated carbocycles. The Hall–Kier alpha value is -2.26. The Morgan fingerprint density at radius 3 is 1.64 bits per heavy atom. The van der Waals surface area contributed by atoms with Crippen LogP contribution in [0.5, 0.6) is 0 Å². The van der Waals surface area contributed by atoms with Gasteiger partial charge < -0.3 is 9.47 Å². The molecule has 10 heteroatoms. The minimum atomic E-state index is -5.43. The highest BCUT2D eigenvalue weighted by atomic mass is 19.4. The Balaban J connectivity index is 2.85. The van der Waals surface area contributed by atoms with E-state index in [9.17, 15) is 35.9 Å². The molecule has 0 saturated heterocycles. The molecule has 0 aliphatic rings. The van der Waals surface area contributed by atoms with Crippen LogP contribution in [0.1, 0.15) is 5.56 Å². The van der Waals surface area contributed by atoms with Gasteiger partial charge in [0.2, 0.25) is 0 Å². The second-order valence-electron chi connectivity index (χ2n) is 3.93. The summed E-state index contributed by atoms with van der Waals surface area (Å²) in [5.74, 6) is -5.52. The van der Waals surface area contributed by atoms with Crippen LogP contribution in [0.4, 0.5) is 26.3 Å². The zero-order valence-electron chi connectivity index (χ0n) is 10.6. The highest BCUT2D eigenvalue weighted by Gasteiger charge is 2.46. The zero-order chi connectivity index (χ0) is 17.0. The fraction of sp³-hybridized carbons (Fsp3) is 0.333. The predicted octanol–water partition coefficient (Wildman–Crippen LogP) is 2.77. The molecule has 0 bridgehead atoms. The lowest BCUT2D eigenvalue weighted by Gasteiger charge is -2.19. The molecule has 0 heterocycles. The monoisotopic (exact) mass is 330 g/mol. The van der Waals surface area contributed by atoms with Gasteiger partial charge in [0.15, 0.2) is 0 Å². The van der Waals surface area contributed by atoms with Crippen molar-refractivity contribution in [2.24, 2.45) is 0 Å². The average molecular weight is 330 g/mol. The van der Waals surface area contributed by atoms with Gasteiger partial charge in [0.05, 0.1) is 0 Å². The standard InChI is InChI=1S/C12H8F6O4/c13-11(14,15)9(19)21-8(22-10(20)12(16,17)18)6-7-4-2-1-3-5-7/h1-5,8H,6H2. The van der Waals surface area contributed by atoms with Crippen LogP contribution < -0.4 is 0 Å².